The van der Waals surface area contributed by atoms with Crippen molar-refractivity contribution in [2.24, 2.45) is 16.2 Å². The van der Waals surface area contributed by atoms with E-state index in [2.05, 4.69) is 71.1 Å². The van der Waals surface area contributed by atoms with Crippen LogP contribution in [-0.4, -0.2) is 6.04 Å². The first-order valence-electron chi connectivity index (χ1n) is 8.78. The number of aryl methyl sites for hydroxylation is 1. The maximum atomic E-state index is 3.97. The molecule has 1 N–H and O–H groups in total. The molecule has 118 valence electrons. The van der Waals surface area contributed by atoms with Gasteiger partial charge in [-0.1, -0.05) is 64.5 Å². The van der Waals surface area contributed by atoms with Gasteiger partial charge in [0, 0.05) is 22.6 Å². The van der Waals surface area contributed by atoms with Gasteiger partial charge in [-0.25, -0.2) is 0 Å². The Kier molecular flexibility index (Phi) is 2.60. The van der Waals surface area contributed by atoms with Crippen LogP contribution in [0.2, 0.25) is 0 Å². The second-order valence-electron chi connectivity index (χ2n) is 9.25. The maximum Gasteiger partial charge on any atom is 0.0443 e. The van der Waals surface area contributed by atoms with Crippen molar-refractivity contribution in [3.8, 4) is 0 Å². The summed E-state index contributed by atoms with van der Waals surface area (Å²) < 4.78 is 0. The number of rotatable bonds is 0. The van der Waals surface area contributed by atoms with E-state index in [0.717, 1.165) is 0 Å². The molecular formula is C21H29N. The number of nitrogens with one attached hydrogen (secondary N) is 1. The molecule has 3 aliphatic rings. The van der Waals surface area contributed by atoms with Crippen LogP contribution < -0.4 is 5.32 Å². The predicted octanol–water partition coefficient (Wildman–Crippen LogP) is 5.67. The van der Waals surface area contributed by atoms with Crippen LogP contribution in [0.1, 0.15) is 64.5 Å². The molecule has 0 spiro atoms. The van der Waals surface area contributed by atoms with Crippen LogP contribution in [0, 0.1) is 23.2 Å². The highest BCUT2D eigenvalue weighted by atomic mass is 15.0. The molecule has 1 heteroatoms. The van der Waals surface area contributed by atoms with Crippen molar-refractivity contribution in [1.29, 1.82) is 0 Å². The quantitative estimate of drug-likeness (QED) is 0.608. The van der Waals surface area contributed by atoms with Gasteiger partial charge in [-0.05, 0) is 42.2 Å². The van der Waals surface area contributed by atoms with E-state index in [4.69, 9.17) is 0 Å². The van der Waals surface area contributed by atoms with Gasteiger partial charge in [-0.3, -0.25) is 0 Å². The van der Waals surface area contributed by atoms with Gasteiger partial charge in [0.2, 0.25) is 0 Å². The standard InChI is InChI=1S/C21H29N/c1-13-8-7-9-14-15-10-11-19(2,3)16-12-20(4,5)18(21(15,16)6)22-17(13)14/h7-9,12,15,18,22H,10-11H2,1-6H3/t15-,18-,21+/m1/s1. The average Bonchev–Trinajstić information content (AvgIpc) is 2.63. The first-order chi connectivity index (χ1) is 10.2. The van der Waals surface area contributed by atoms with E-state index in [0.29, 0.717) is 17.4 Å². The molecule has 1 aromatic rings. The second kappa shape index (κ2) is 3.99. The molecule has 1 saturated carbocycles. The number of hydrogen-bond acceptors (Lipinski definition) is 1. The van der Waals surface area contributed by atoms with Gasteiger partial charge in [-0.15, -0.1) is 0 Å². The molecule has 1 aromatic carbocycles. The summed E-state index contributed by atoms with van der Waals surface area (Å²) in [6, 6.07) is 7.36. The van der Waals surface area contributed by atoms with E-state index in [9.17, 15) is 0 Å². The summed E-state index contributed by atoms with van der Waals surface area (Å²) >= 11 is 0. The highest BCUT2D eigenvalue weighted by Crippen LogP contribution is 2.68. The van der Waals surface area contributed by atoms with E-state index < -0.39 is 0 Å². The summed E-state index contributed by atoms with van der Waals surface area (Å²) in [5.41, 5.74) is 6.87. The van der Waals surface area contributed by atoms with Crippen molar-refractivity contribution in [2.75, 3.05) is 5.32 Å². The molecule has 4 rings (SSSR count). The Morgan fingerprint density at radius 3 is 2.55 bits per heavy atom. The van der Waals surface area contributed by atoms with E-state index >= 15 is 0 Å². The third kappa shape index (κ3) is 1.55. The van der Waals surface area contributed by atoms with Gasteiger partial charge in [0.05, 0.1) is 0 Å². The third-order valence-electron chi connectivity index (χ3n) is 6.92. The van der Waals surface area contributed by atoms with Crippen molar-refractivity contribution in [1.82, 2.24) is 0 Å². The highest BCUT2D eigenvalue weighted by Gasteiger charge is 2.61. The van der Waals surface area contributed by atoms with Crippen LogP contribution in [0.5, 0.6) is 0 Å². The molecule has 1 nitrogen and oxygen atoms in total. The molecule has 22 heavy (non-hydrogen) atoms. The molecule has 0 radical (unpaired) electrons. The van der Waals surface area contributed by atoms with Crippen molar-refractivity contribution in [3.05, 3.63) is 41.0 Å². The second-order valence-corrected chi connectivity index (χ2v) is 9.25. The fraction of sp³-hybridized carbons (Fsp3) is 0.619. The van der Waals surface area contributed by atoms with Crippen LogP contribution in [0.25, 0.3) is 0 Å². The molecule has 0 amide bonds. The zero-order chi connectivity index (χ0) is 15.9. The Morgan fingerprint density at radius 1 is 1.09 bits per heavy atom. The number of para-hydroxylation sites is 1. The van der Waals surface area contributed by atoms with Gasteiger partial charge in [0.25, 0.3) is 0 Å². The third-order valence-corrected chi connectivity index (χ3v) is 6.92. The maximum absolute atomic E-state index is 3.97. The topological polar surface area (TPSA) is 12.0 Å². The summed E-state index contributed by atoms with van der Waals surface area (Å²) in [7, 11) is 0. The fourth-order valence-corrected chi connectivity index (χ4v) is 5.93. The fourth-order valence-electron chi connectivity index (χ4n) is 5.93. The Hall–Kier alpha value is -1.24. The first kappa shape index (κ1) is 14.4. The molecule has 1 fully saturated rings. The highest BCUT2D eigenvalue weighted by molar-refractivity contribution is 5.65. The first-order valence-corrected chi connectivity index (χ1v) is 8.78. The summed E-state index contributed by atoms with van der Waals surface area (Å²) in [4.78, 5) is 0. The Morgan fingerprint density at radius 2 is 1.82 bits per heavy atom. The van der Waals surface area contributed by atoms with E-state index in [1.807, 2.05) is 0 Å². The molecular weight excluding hydrogens is 266 g/mol. The minimum atomic E-state index is 0.212. The lowest BCUT2D eigenvalue weighted by Crippen LogP contribution is -2.53. The predicted molar refractivity (Wildman–Crippen MR) is 94.3 cm³/mol. The van der Waals surface area contributed by atoms with Gasteiger partial charge in [0.15, 0.2) is 0 Å². The number of fused-ring (bicyclic) bond motifs is 2. The SMILES string of the molecule is Cc1cccc2c1N[C@@H]1C(C)(C)C=C3C(C)(C)CC[C@H]2[C@@]31C. The lowest BCUT2D eigenvalue weighted by atomic mass is 9.52. The van der Waals surface area contributed by atoms with Gasteiger partial charge >= 0.3 is 0 Å². The summed E-state index contributed by atoms with van der Waals surface area (Å²) in [5, 5.41) is 3.97. The van der Waals surface area contributed by atoms with Crippen LogP contribution in [0.15, 0.2) is 29.8 Å². The molecule has 0 unspecified atom stereocenters. The summed E-state index contributed by atoms with van der Waals surface area (Å²) in [6.07, 6.45) is 5.22. The van der Waals surface area contributed by atoms with E-state index in [-0.39, 0.29) is 10.8 Å². The monoisotopic (exact) mass is 295 g/mol. The number of anilines is 1. The molecule has 1 heterocycles. The Labute approximate surface area is 135 Å². The van der Waals surface area contributed by atoms with Crippen LogP contribution >= 0.6 is 0 Å². The summed E-state index contributed by atoms with van der Waals surface area (Å²) in [6.45, 7) is 14.5. The Balaban J connectivity index is 1.98. The minimum absolute atomic E-state index is 0.212. The smallest absolute Gasteiger partial charge is 0.0443 e. The Bertz CT molecular complexity index is 679. The van der Waals surface area contributed by atoms with E-state index in [1.165, 1.54) is 24.1 Å². The lowest BCUT2D eigenvalue weighted by molar-refractivity contribution is 0.126. The van der Waals surface area contributed by atoms with Gasteiger partial charge in [-0.2, -0.15) is 0 Å². The van der Waals surface area contributed by atoms with Crippen LogP contribution in [0.3, 0.4) is 0 Å². The lowest BCUT2D eigenvalue weighted by Gasteiger charge is -2.56. The van der Waals surface area contributed by atoms with Crippen LogP contribution in [-0.2, 0) is 0 Å². The van der Waals surface area contributed by atoms with Gasteiger partial charge < -0.3 is 5.32 Å². The molecule has 2 aliphatic carbocycles. The zero-order valence-corrected chi connectivity index (χ0v) is 14.9. The molecule has 0 bridgehead atoms. The van der Waals surface area contributed by atoms with Crippen molar-refractivity contribution >= 4 is 5.69 Å². The largest absolute Gasteiger partial charge is 0.380 e. The minimum Gasteiger partial charge on any atom is -0.380 e. The zero-order valence-electron chi connectivity index (χ0n) is 14.9. The van der Waals surface area contributed by atoms with E-state index in [1.54, 1.807) is 11.1 Å². The summed E-state index contributed by atoms with van der Waals surface area (Å²) in [5.74, 6) is 0.662. The van der Waals surface area contributed by atoms with Crippen molar-refractivity contribution in [3.63, 3.8) is 0 Å². The number of benzene rings is 1. The average molecular weight is 295 g/mol. The van der Waals surface area contributed by atoms with Gasteiger partial charge in [0.1, 0.15) is 0 Å². The molecule has 3 atom stereocenters. The van der Waals surface area contributed by atoms with Crippen molar-refractivity contribution < 1.29 is 0 Å². The molecule has 1 aliphatic heterocycles. The molecule has 0 aromatic heterocycles. The molecule has 0 saturated heterocycles. The van der Waals surface area contributed by atoms with Crippen LogP contribution in [0.4, 0.5) is 5.69 Å². The normalized spacial score (nSPS) is 36.9. The van der Waals surface area contributed by atoms with Crippen molar-refractivity contribution in [2.45, 2.75) is 66.3 Å². The number of hydrogen-bond donors (Lipinski definition) is 1.